The van der Waals surface area contributed by atoms with E-state index in [1.807, 2.05) is 19.1 Å². The Hall–Kier alpha value is -3.15. The van der Waals surface area contributed by atoms with Gasteiger partial charge in [0.05, 0.1) is 6.61 Å². The van der Waals surface area contributed by atoms with Crippen molar-refractivity contribution in [2.45, 2.75) is 39.7 Å². The van der Waals surface area contributed by atoms with Crippen LogP contribution in [0.3, 0.4) is 0 Å². The van der Waals surface area contributed by atoms with Crippen LogP contribution >= 0.6 is 0 Å². The van der Waals surface area contributed by atoms with Crippen molar-refractivity contribution in [3.05, 3.63) is 65.2 Å². The third kappa shape index (κ3) is 7.07. The summed E-state index contributed by atoms with van der Waals surface area (Å²) in [7, 11) is 0. The molecule has 0 saturated heterocycles. The maximum Gasteiger partial charge on any atom is 0.326 e. The molecule has 2 aromatic rings. The lowest BCUT2D eigenvalue weighted by atomic mass is 10.1. The average Bonchev–Trinajstić information content (AvgIpc) is 2.72. The number of hydrogen-bond donors (Lipinski definition) is 1. The number of ketones is 1. The van der Waals surface area contributed by atoms with Crippen molar-refractivity contribution in [3.8, 4) is 5.75 Å². The number of rotatable bonds is 10. The topological polar surface area (TPSA) is 81.7 Å². The van der Waals surface area contributed by atoms with Crippen LogP contribution in [0.25, 0.3) is 0 Å². The molecule has 0 bridgehead atoms. The highest BCUT2D eigenvalue weighted by atomic mass is 16.5. The smallest absolute Gasteiger partial charge is 0.326 e. The SMILES string of the molecule is CCCCOc1ccc(C(=O)NCC(=O)O[C@H](C)C(=O)c2ccc(C)cc2)cc1. The minimum atomic E-state index is -0.929. The maximum absolute atomic E-state index is 12.3. The second kappa shape index (κ2) is 11.0. The maximum atomic E-state index is 12.3. The number of unbranched alkanes of at least 4 members (excludes halogenated alkanes) is 1. The Morgan fingerprint density at radius 3 is 2.21 bits per heavy atom. The molecule has 2 aromatic carbocycles. The molecule has 0 aliphatic carbocycles. The predicted molar refractivity (Wildman–Crippen MR) is 110 cm³/mol. The molecule has 1 atom stereocenters. The van der Waals surface area contributed by atoms with Gasteiger partial charge in [0.15, 0.2) is 6.10 Å². The van der Waals surface area contributed by atoms with Gasteiger partial charge in [0.2, 0.25) is 5.78 Å². The number of aryl methyl sites for hydroxylation is 1. The van der Waals surface area contributed by atoms with Gasteiger partial charge in [-0.15, -0.1) is 0 Å². The Labute approximate surface area is 171 Å². The minimum absolute atomic E-state index is 0.289. The van der Waals surface area contributed by atoms with Crippen LogP contribution in [-0.2, 0) is 9.53 Å². The normalized spacial score (nSPS) is 11.4. The zero-order chi connectivity index (χ0) is 21.2. The van der Waals surface area contributed by atoms with Gasteiger partial charge in [-0.05, 0) is 44.5 Å². The molecule has 1 N–H and O–H groups in total. The Morgan fingerprint density at radius 1 is 0.966 bits per heavy atom. The van der Waals surface area contributed by atoms with Crippen LogP contribution in [-0.4, -0.2) is 36.9 Å². The summed E-state index contributed by atoms with van der Waals surface area (Å²) in [6.07, 6.45) is 1.09. The van der Waals surface area contributed by atoms with Crippen molar-refractivity contribution in [2.75, 3.05) is 13.2 Å². The highest BCUT2D eigenvalue weighted by Crippen LogP contribution is 2.13. The third-order valence-corrected chi connectivity index (χ3v) is 4.29. The van der Waals surface area contributed by atoms with E-state index in [0.29, 0.717) is 23.5 Å². The van der Waals surface area contributed by atoms with E-state index in [4.69, 9.17) is 9.47 Å². The zero-order valence-electron chi connectivity index (χ0n) is 17.1. The number of esters is 1. The van der Waals surface area contributed by atoms with Gasteiger partial charge in [0, 0.05) is 11.1 Å². The van der Waals surface area contributed by atoms with Crippen molar-refractivity contribution < 1.29 is 23.9 Å². The summed E-state index contributed by atoms with van der Waals surface area (Å²) in [6, 6.07) is 13.7. The number of nitrogens with one attached hydrogen (secondary N) is 1. The fourth-order valence-corrected chi connectivity index (χ4v) is 2.54. The van der Waals surface area contributed by atoms with Crippen molar-refractivity contribution in [3.63, 3.8) is 0 Å². The van der Waals surface area contributed by atoms with E-state index in [-0.39, 0.29) is 12.3 Å². The van der Waals surface area contributed by atoms with E-state index in [9.17, 15) is 14.4 Å². The van der Waals surface area contributed by atoms with Crippen molar-refractivity contribution in [1.29, 1.82) is 0 Å². The molecule has 154 valence electrons. The zero-order valence-corrected chi connectivity index (χ0v) is 17.1. The summed E-state index contributed by atoms with van der Waals surface area (Å²) < 4.78 is 10.7. The Kier molecular flexibility index (Phi) is 8.40. The van der Waals surface area contributed by atoms with Crippen LogP contribution in [0, 0.1) is 6.92 Å². The van der Waals surface area contributed by atoms with E-state index in [0.717, 1.165) is 18.4 Å². The fraction of sp³-hybridized carbons (Fsp3) is 0.348. The molecular formula is C23H27NO5. The van der Waals surface area contributed by atoms with Gasteiger partial charge >= 0.3 is 5.97 Å². The van der Waals surface area contributed by atoms with E-state index in [1.165, 1.54) is 6.92 Å². The average molecular weight is 397 g/mol. The first-order chi connectivity index (χ1) is 13.9. The highest BCUT2D eigenvalue weighted by Gasteiger charge is 2.20. The van der Waals surface area contributed by atoms with Crippen LogP contribution in [0.1, 0.15) is 53.0 Å². The van der Waals surface area contributed by atoms with Crippen LogP contribution < -0.4 is 10.1 Å². The minimum Gasteiger partial charge on any atom is -0.494 e. The molecule has 0 aromatic heterocycles. The second-order valence-electron chi connectivity index (χ2n) is 6.77. The molecule has 0 radical (unpaired) electrons. The molecule has 6 nitrogen and oxygen atoms in total. The summed E-state index contributed by atoms with van der Waals surface area (Å²) in [4.78, 5) is 36.4. The van der Waals surface area contributed by atoms with Crippen molar-refractivity contribution in [1.82, 2.24) is 5.32 Å². The molecule has 1 amide bonds. The van der Waals surface area contributed by atoms with Gasteiger partial charge in [0.25, 0.3) is 5.91 Å². The molecule has 0 heterocycles. The van der Waals surface area contributed by atoms with Crippen LogP contribution in [0.15, 0.2) is 48.5 Å². The predicted octanol–water partition coefficient (Wildman–Crippen LogP) is 3.72. The molecule has 0 saturated carbocycles. The molecule has 2 rings (SSSR count). The molecule has 29 heavy (non-hydrogen) atoms. The summed E-state index contributed by atoms with van der Waals surface area (Å²) in [5.41, 5.74) is 1.92. The number of carbonyl (C=O) groups is 3. The fourth-order valence-electron chi connectivity index (χ4n) is 2.54. The lowest BCUT2D eigenvalue weighted by Gasteiger charge is -2.13. The molecule has 0 spiro atoms. The van der Waals surface area contributed by atoms with E-state index in [1.54, 1.807) is 36.4 Å². The first kappa shape index (κ1) is 22.1. The van der Waals surface area contributed by atoms with E-state index in [2.05, 4.69) is 12.2 Å². The highest BCUT2D eigenvalue weighted by molar-refractivity contribution is 6.00. The monoisotopic (exact) mass is 397 g/mol. The molecule has 0 fully saturated rings. The quantitative estimate of drug-likeness (QED) is 0.375. The van der Waals surface area contributed by atoms with Gasteiger partial charge in [-0.3, -0.25) is 14.4 Å². The Bertz CT molecular complexity index is 827. The van der Waals surface area contributed by atoms with Crippen LogP contribution in [0.5, 0.6) is 5.75 Å². The first-order valence-corrected chi connectivity index (χ1v) is 9.72. The van der Waals surface area contributed by atoms with Gasteiger partial charge in [0.1, 0.15) is 12.3 Å². The number of ether oxygens (including phenoxy) is 2. The van der Waals surface area contributed by atoms with E-state index < -0.39 is 18.0 Å². The summed E-state index contributed by atoms with van der Waals surface area (Å²) in [6.45, 7) is 5.83. The number of benzene rings is 2. The van der Waals surface area contributed by atoms with Crippen molar-refractivity contribution in [2.24, 2.45) is 0 Å². The lowest BCUT2D eigenvalue weighted by molar-refractivity contribution is -0.145. The number of hydrogen-bond acceptors (Lipinski definition) is 5. The molecular weight excluding hydrogens is 370 g/mol. The lowest BCUT2D eigenvalue weighted by Crippen LogP contribution is -2.34. The number of carbonyl (C=O) groups excluding carboxylic acids is 3. The van der Waals surface area contributed by atoms with Gasteiger partial charge in [-0.2, -0.15) is 0 Å². The Morgan fingerprint density at radius 2 is 1.59 bits per heavy atom. The molecule has 0 unspecified atom stereocenters. The molecule has 0 aliphatic heterocycles. The number of amides is 1. The van der Waals surface area contributed by atoms with Gasteiger partial charge < -0.3 is 14.8 Å². The van der Waals surface area contributed by atoms with Crippen LogP contribution in [0.4, 0.5) is 0 Å². The molecule has 0 aliphatic rings. The van der Waals surface area contributed by atoms with Gasteiger partial charge in [-0.1, -0.05) is 43.2 Å². The summed E-state index contributed by atoms with van der Waals surface area (Å²) in [5.74, 6) is -0.674. The second-order valence-corrected chi connectivity index (χ2v) is 6.77. The summed E-state index contributed by atoms with van der Waals surface area (Å²) in [5, 5.41) is 2.50. The number of Topliss-reactive ketones (excluding diaryl/α,β-unsaturated/α-hetero) is 1. The van der Waals surface area contributed by atoms with Crippen molar-refractivity contribution >= 4 is 17.7 Å². The summed E-state index contributed by atoms with van der Waals surface area (Å²) >= 11 is 0. The van der Waals surface area contributed by atoms with E-state index >= 15 is 0 Å². The van der Waals surface area contributed by atoms with Crippen LogP contribution in [0.2, 0.25) is 0 Å². The largest absolute Gasteiger partial charge is 0.494 e. The molecule has 6 heteroatoms. The Balaban J connectivity index is 1.79. The third-order valence-electron chi connectivity index (χ3n) is 4.29. The first-order valence-electron chi connectivity index (χ1n) is 9.72. The standard InChI is InChI=1S/C23H27NO5/c1-4-5-14-28-20-12-10-19(11-13-20)23(27)24-15-21(25)29-17(3)22(26)18-8-6-16(2)7-9-18/h6-13,17H,4-5,14-15H2,1-3H3,(H,24,27)/t17-/m1/s1. The van der Waals surface area contributed by atoms with Gasteiger partial charge in [-0.25, -0.2) is 0 Å².